The zero-order valence-electron chi connectivity index (χ0n) is 6.42. The minimum atomic E-state index is -0.0488. The van der Waals surface area contributed by atoms with Crippen molar-refractivity contribution in [3.05, 3.63) is 35.9 Å². The predicted molar refractivity (Wildman–Crippen MR) is 43.7 cm³/mol. The van der Waals surface area contributed by atoms with Gasteiger partial charge in [0.05, 0.1) is 6.61 Å². The highest BCUT2D eigenvalue weighted by molar-refractivity contribution is 5.14. The van der Waals surface area contributed by atoms with Gasteiger partial charge in [-0.1, -0.05) is 30.3 Å². The van der Waals surface area contributed by atoms with Crippen molar-refractivity contribution in [1.82, 2.24) is 5.32 Å². The molecule has 0 heterocycles. The van der Waals surface area contributed by atoms with Crippen LogP contribution in [0, 0.1) is 0 Å². The maximum atomic E-state index is 10.1. The SMILES string of the molecule is [O]CCNCc1ccccc1. The molecule has 0 saturated carbocycles. The molecule has 0 fully saturated rings. The highest BCUT2D eigenvalue weighted by Gasteiger charge is 1.88. The Hall–Kier alpha value is -0.860. The fourth-order valence-electron chi connectivity index (χ4n) is 0.901. The molecule has 0 amide bonds. The van der Waals surface area contributed by atoms with Gasteiger partial charge in [-0.2, -0.15) is 0 Å². The smallest absolute Gasteiger partial charge is 0.0946 e. The van der Waals surface area contributed by atoms with Crippen molar-refractivity contribution in [3.8, 4) is 0 Å². The van der Waals surface area contributed by atoms with Crippen molar-refractivity contribution in [1.29, 1.82) is 0 Å². The van der Waals surface area contributed by atoms with Crippen molar-refractivity contribution in [2.75, 3.05) is 13.2 Å². The number of hydrogen-bond acceptors (Lipinski definition) is 1. The molecule has 0 aliphatic carbocycles. The van der Waals surface area contributed by atoms with Gasteiger partial charge in [0.1, 0.15) is 0 Å². The summed E-state index contributed by atoms with van der Waals surface area (Å²) in [4.78, 5) is 0. The lowest BCUT2D eigenvalue weighted by molar-refractivity contribution is 0.194. The second kappa shape index (κ2) is 4.88. The first kappa shape index (κ1) is 8.24. The lowest BCUT2D eigenvalue weighted by Gasteiger charge is -2.00. The van der Waals surface area contributed by atoms with Gasteiger partial charge in [0.2, 0.25) is 0 Å². The minimum Gasteiger partial charge on any atom is -0.310 e. The van der Waals surface area contributed by atoms with Crippen LogP contribution in [0.15, 0.2) is 30.3 Å². The number of hydrogen-bond donors (Lipinski definition) is 1. The Labute approximate surface area is 66.9 Å². The molecule has 2 heteroatoms. The quantitative estimate of drug-likeness (QED) is 0.643. The molecule has 0 aromatic heterocycles. The Morgan fingerprint density at radius 2 is 1.91 bits per heavy atom. The van der Waals surface area contributed by atoms with Crippen molar-refractivity contribution < 1.29 is 5.11 Å². The monoisotopic (exact) mass is 150 g/mol. The topological polar surface area (TPSA) is 31.9 Å². The lowest BCUT2D eigenvalue weighted by Crippen LogP contribution is -2.16. The largest absolute Gasteiger partial charge is 0.310 e. The van der Waals surface area contributed by atoms with E-state index in [1.807, 2.05) is 30.3 Å². The number of rotatable bonds is 4. The van der Waals surface area contributed by atoms with Crippen LogP contribution in [0.5, 0.6) is 0 Å². The van der Waals surface area contributed by atoms with Crippen LogP contribution in [-0.4, -0.2) is 13.2 Å². The van der Waals surface area contributed by atoms with Gasteiger partial charge >= 0.3 is 0 Å². The third kappa shape index (κ3) is 3.16. The van der Waals surface area contributed by atoms with Crippen LogP contribution in [0.2, 0.25) is 0 Å². The van der Waals surface area contributed by atoms with E-state index < -0.39 is 0 Å². The van der Waals surface area contributed by atoms with Crippen LogP contribution in [0.25, 0.3) is 0 Å². The van der Waals surface area contributed by atoms with E-state index in [1.165, 1.54) is 5.56 Å². The van der Waals surface area contributed by atoms with E-state index in [9.17, 15) is 5.11 Å². The molecule has 0 aliphatic heterocycles. The third-order valence-corrected chi connectivity index (χ3v) is 1.45. The Bertz CT molecular complexity index is 186. The van der Waals surface area contributed by atoms with Crippen molar-refractivity contribution in [3.63, 3.8) is 0 Å². The van der Waals surface area contributed by atoms with Crippen LogP contribution in [0.3, 0.4) is 0 Å². The summed E-state index contributed by atoms with van der Waals surface area (Å²) >= 11 is 0. The van der Waals surface area contributed by atoms with E-state index in [1.54, 1.807) is 0 Å². The van der Waals surface area contributed by atoms with Gasteiger partial charge in [-0.3, -0.25) is 0 Å². The van der Waals surface area contributed by atoms with Crippen LogP contribution in [0.4, 0.5) is 0 Å². The Morgan fingerprint density at radius 1 is 1.18 bits per heavy atom. The zero-order chi connectivity index (χ0) is 7.94. The Balaban J connectivity index is 2.28. The standard InChI is InChI=1S/C9H12NO/c11-7-6-10-8-9-4-2-1-3-5-9/h1-5,10H,6-8H2. The molecule has 0 aliphatic rings. The molecule has 1 rings (SSSR count). The molecule has 1 radical (unpaired) electrons. The molecule has 59 valence electrons. The zero-order valence-corrected chi connectivity index (χ0v) is 6.42. The maximum Gasteiger partial charge on any atom is 0.0946 e. The first-order valence-corrected chi connectivity index (χ1v) is 3.76. The molecule has 0 bridgehead atoms. The van der Waals surface area contributed by atoms with E-state index in [2.05, 4.69) is 5.32 Å². The molecule has 2 nitrogen and oxygen atoms in total. The van der Waals surface area contributed by atoms with Gasteiger partial charge in [-0.25, -0.2) is 5.11 Å². The van der Waals surface area contributed by atoms with Crippen molar-refractivity contribution in [2.45, 2.75) is 6.54 Å². The molecule has 0 saturated heterocycles. The van der Waals surface area contributed by atoms with Gasteiger partial charge in [-0.05, 0) is 5.56 Å². The van der Waals surface area contributed by atoms with Gasteiger partial charge in [0, 0.05) is 13.1 Å². The molecule has 11 heavy (non-hydrogen) atoms. The summed E-state index contributed by atoms with van der Waals surface area (Å²) in [6, 6.07) is 10.1. The summed E-state index contributed by atoms with van der Waals surface area (Å²) in [5.74, 6) is 0. The summed E-state index contributed by atoms with van der Waals surface area (Å²) in [6.07, 6.45) is 0. The molecule has 1 N–H and O–H groups in total. The molecule has 0 atom stereocenters. The molecular weight excluding hydrogens is 138 g/mol. The normalized spacial score (nSPS) is 9.91. The minimum absolute atomic E-state index is 0.0488. The average Bonchev–Trinajstić information content (AvgIpc) is 2.07. The summed E-state index contributed by atoms with van der Waals surface area (Å²) < 4.78 is 0. The highest BCUT2D eigenvalue weighted by atomic mass is 16.3. The molecule has 0 unspecified atom stereocenters. The van der Waals surface area contributed by atoms with Gasteiger partial charge < -0.3 is 5.32 Å². The van der Waals surface area contributed by atoms with Crippen molar-refractivity contribution >= 4 is 0 Å². The molecule has 1 aromatic rings. The molecular formula is C9H12NO. The highest BCUT2D eigenvalue weighted by Crippen LogP contribution is 1.96. The summed E-state index contributed by atoms with van der Waals surface area (Å²) in [6.45, 7) is 1.30. The van der Waals surface area contributed by atoms with E-state index in [-0.39, 0.29) is 6.61 Å². The average molecular weight is 150 g/mol. The first-order valence-electron chi connectivity index (χ1n) is 3.76. The maximum absolute atomic E-state index is 10.1. The number of nitrogens with one attached hydrogen (secondary N) is 1. The van der Waals surface area contributed by atoms with Gasteiger partial charge in [-0.15, -0.1) is 0 Å². The summed E-state index contributed by atoms with van der Waals surface area (Å²) in [7, 11) is 0. The summed E-state index contributed by atoms with van der Waals surface area (Å²) in [5.41, 5.74) is 1.22. The first-order chi connectivity index (χ1) is 5.43. The second-order valence-electron chi connectivity index (χ2n) is 2.37. The van der Waals surface area contributed by atoms with E-state index in [0.29, 0.717) is 6.54 Å². The Morgan fingerprint density at radius 3 is 2.55 bits per heavy atom. The van der Waals surface area contributed by atoms with Crippen molar-refractivity contribution in [2.24, 2.45) is 0 Å². The van der Waals surface area contributed by atoms with Crippen LogP contribution in [0.1, 0.15) is 5.56 Å². The molecule has 0 spiro atoms. The summed E-state index contributed by atoms with van der Waals surface area (Å²) in [5, 5.41) is 13.1. The predicted octanol–water partition coefficient (Wildman–Crippen LogP) is 1.21. The van der Waals surface area contributed by atoms with Crippen LogP contribution >= 0.6 is 0 Å². The van der Waals surface area contributed by atoms with Gasteiger partial charge in [0.15, 0.2) is 0 Å². The number of benzene rings is 1. The van der Waals surface area contributed by atoms with E-state index in [0.717, 1.165) is 6.54 Å². The third-order valence-electron chi connectivity index (χ3n) is 1.45. The van der Waals surface area contributed by atoms with Crippen LogP contribution < -0.4 is 5.32 Å². The van der Waals surface area contributed by atoms with Crippen LogP contribution in [-0.2, 0) is 11.7 Å². The van der Waals surface area contributed by atoms with E-state index in [4.69, 9.17) is 0 Å². The lowest BCUT2D eigenvalue weighted by atomic mass is 10.2. The fourth-order valence-corrected chi connectivity index (χ4v) is 0.901. The second-order valence-corrected chi connectivity index (χ2v) is 2.37. The fraction of sp³-hybridized carbons (Fsp3) is 0.333. The van der Waals surface area contributed by atoms with Gasteiger partial charge in [0.25, 0.3) is 0 Å². The Kier molecular flexibility index (Phi) is 3.65. The molecule has 1 aromatic carbocycles. The van der Waals surface area contributed by atoms with E-state index >= 15 is 0 Å².